The van der Waals surface area contributed by atoms with Crippen LogP contribution >= 0.6 is 0 Å². The minimum atomic E-state index is -4.60. The monoisotopic (exact) mass is 513 g/mol. The van der Waals surface area contributed by atoms with Gasteiger partial charge in [0.05, 0.1) is 17.3 Å². The highest BCUT2D eigenvalue weighted by atomic mass is 19.4. The van der Waals surface area contributed by atoms with E-state index in [1.807, 2.05) is 0 Å². The van der Waals surface area contributed by atoms with Crippen molar-refractivity contribution in [2.24, 2.45) is 0 Å². The van der Waals surface area contributed by atoms with E-state index in [1.54, 1.807) is 58.9 Å². The van der Waals surface area contributed by atoms with E-state index in [9.17, 15) is 22.8 Å². The van der Waals surface area contributed by atoms with Crippen molar-refractivity contribution in [2.45, 2.75) is 52.4 Å². The van der Waals surface area contributed by atoms with Crippen molar-refractivity contribution in [2.75, 3.05) is 11.4 Å². The number of allylic oxidation sites excluding steroid dienone is 1. The second-order valence-electron chi connectivity index (χ2n) is 9.87. The summed E-state index contributed by atoms with van der Waals surface area (Å²) in [5, 5.41) is 7.47. The van der Waals surface area contributed by atoms with Gasteiger partial charge in [-0.15, -0.1) is 0 Å². The van der Waals surface area contributed by atoms with Crippen LogP contribution in [0.3, 0.4) is 0 Å². The van der Waals surface area contributed by atoms with Gasteiger partial charge in [0, 0.05) is 17.5 Å². The Labute approximate surface area is 214 Å². The number of carbonyl (C=O) groups is 2. The van der Waals surface area contributed by atoms with Crippen LogP contribution in [0.25, 0.3) is 0 Å². The molecule has 0 bridgehead atoms. The van der Waals surface area contributed by atoms with Crippen LogP contribution in [-0.4, -0.2) is 35.3 Å². The maximum atomic E-state index is 13.9. The summed E-state index contributed by atoms with van der Waals surface area (Å²) in [6.45, 7) is 12.1. The summed E-state index contributed by atoms with van der Waals surface area (Å²) in [4.78, 5) is 29.3. The van der Waals surface area contributed by atoms with Gasteiger partial charge in [-0.25, -0.2) is 4.79 Å². The number of esters is 1. The summed E-state index contributed by atoms with van der Waals surface area (Å²) < 4.78 is 45.9. The highest BCUT2D eigenvalue weighted by Gasteiger charge is 2.42. The molecule has 0 saturated heterocycles. The van der Waals surface area contributed by atoms with Crippen molar-refractivity contribution < 1.29 is 27.5 Å². The number of hydrogen-bond donors (Lipinski definition) is 1. The first kappa shape index (κ1) is 27.7. The van der Waals surface area contributed by atoms with Crippen molar-refractivity contribution in [3.63, 3.8) is 0 Å². The average Bonchev–Trinajstić information content (AvgIpc) is 2.79. The molecule has 0 saturated carbocycles. The smallest absolute Gasteiger partial charge is 0.416 e. The van der Waals surface area contributed by atoms with E-state index in [4.69, 9.17) is 10.1 Å². The van der Waals surface area contributed by atoms with Gasteiger partial charge in [-0.05, 0) is 63.9 Å². The molecule has 37 heavy (non-hydrogen) atoms. The third-order valence-corrected chi connectivity index (χ3v) is 5.78. The van der Waals surface area contributed by atoms with Crippen LogP contribution in [0.1, 0.15) is 57.4 Å². The van der Waals surface area contributed by atoms with Gasteiger partial charge in [-0.1, -0.05) is 42.5 Å². The minimum absolute atomic E-state index is 0.0165. The third-order valence-electron chi connectivity index (χ3n) is 5.78. The third kappa shape index (κ3) is 6.10. The number of ether oxygens (including phenoxy) is 1. The molecule has 1 N–H and O–H groups in total. The van der Waals surface area contributed by atoms with Gasteiger partial charge in [0.1, 0.15) is 12.1 Å². The molecular formula is C28H30F3N3O3. The first-order valence-corrected chi connectivity index (χ1v) is 11.6. The van der Waals surface area contributed by atoms with Crippen LogP contribution in [0.15, 0.2) is 72.0 Å². The Kier molecular flexibility index (Phi) is 7.67. The normalized spacial score (nSPS) is 16.6. The number of alkyl halides is 3. The number of rotatable bonds is 6. The molecular weight excluding hydrogens is 483 g/mol. The second-order valence-corrected chi connectivity index (χ2v) is 9.87. The van der Waals surface area contributed by atoms with Gasteiger partial charge in [0.15, 0.2) is 0 Å². The fraction of sp³-hybridized carbons (Fsp3) is 0.321. The van der Waals surface area contributed by atoms with E-state index in [2.05, 4.69) is 6.58 Å². The number of benzene rings is 2. The van der Waals surface area contributed by atoms with Crippen LogP contribution in [-0.2, 0) is 15.7 Å². The molecule has 1 aliphatic rings. The number of nitrogens with zero attached hydrogens (tertiary/aromatic N) is 2. The molecule has 3 rings (SSSR count). The maximum absolute atomic E-state index is 13.9. The Hall–Kier alpha value is -3.88. The SMILES string of the molecule is C=C(C)C1=C(C)N(c2cccc(C(F)(F)F)c2)C(=O)N(CC(=O)OC(C)(C)C)[C@@H]1c1ccc(C=N)cc1. The Morgan fingerprint density at radius 1 is 1.14 bits per heavy atom. The molecule has 1 aliphatic heterocycles. The molecule has 2 amide bonds. The zero-order valence-electron chi connectivity index (χ0n) is 21.4. The number of carbonyl (C=O) groups excluding carboxylic acids is 2. The van der Waals surface area contributed by atoms with Gasteiger partial charge in [-0.3, -0.25) is 9.69 Å². The molecule has 0 aromatic heterocycles. The zero-order chi connectivity index (χ0) is 27.7. The lowest BCUT2D eigenvalue weighted by Crippen LogP contribution is -2.52. The molecule has 0 radical (unpaired) electrons. The number of amides is 2. The largest absolute Gasteiger partial charge is 0.459 e. The van der Waals surface area contributed by atoms with Crippen LogP contribution in [0.5, 0.6) is 0 Å². The molecule has 0 spiro atoms. The number of halogens is 3. The van der Waals surface area contributed by atoms with Gasteiger partial charge in [-0.2, -0.15) is 13.2 Å². The van der Waals surface area contributed by atoms with Crippen LogP contribution in [0, 0.1) is 5.41 Å². The summed E-state index contributed by atoms with van der Waals surface area (Å²) in [6.07, 6.45) is -3.41. The van der Waals surface area contributed by atoms with Gasteiger partial charge >= 0.3 is 18.2 Å². The molecule has 9 heteroatoms. The van der Waals surface area contributed by atoms with Gasteiger partial charge in [0.2, 0.25) is 0 Å². The lowest BCUT2D eigenvalue weighted by atomic mass is 9.88. The summed E-state index contributed by atoms with van der Waals surface area (Å²) >= 11 is 0. The minimum Gasteiger partial charge on any atom is -0.459 e. The summed E-state index contributed by atoms with van der Waals surface area (Å²) in [7, 11) is 0. The highest BCUT2D eigenvalue weighted by molar-refractivity contribution is 5.99. The van der Waals surface area contributed by atoms with Crippen LogP contribution in [0.4, 0.5) is 23.7 Å². The molecule has 6 nitrogen and oxygen atoms in total. The lowest BCUT2D eigenvalue weighted by Gasteiger charge is -2.44. The van der Waals surface area contributed by atoms with E-state index in [1.165, 1.54) is 28.1 Å². The van der Waals surface area contributed by atoms with E-state index in [-0.39, 0.29) is 5.69 Å². The van der Waals surface area contributed by atoms with E-state index >= 15 is 0 Å². The first-order valence-electron chi connectivity index (χ1n) is 11.6. The molecule has 0 fully saturated rings. The summed E-state index contributed by atoms with van der Waals surface area (Å²) in [6, 6.07) is 9.98. The molecule has 0 unspecified atom stereocenters. The Morgan fingerprint density at radius 2 is 1.76 bits per heavy atom. The molecule has 0 aliphatic carbocycles. The van der Waals surface area contributed by atoms with Crippen LogP contribution < -0.4 is 4.90 Å². The lowest BCUT2D eigenvalue weighted by molar-refractivity contribution is -0.155. The molecule has 1 heterocycles. The maximum Gasteiger partial charge on any atom is 0.416 e. The molecule has 196 valence electrons. The highest BCUT2D eigenvalue weighted by Crippen LogP contribution is 2.43. The predicted molar refractivity (Wildman–Crippen MR) is 136 cm³/mol. The summed E-state index contributed by atoms with van der Waals surface area (Å²) in [5.74, 6) is -0.661. The molecule has 1 atom stereocenters. The van der Waals surface area contributed by atoms with E-state index in [0.29, 0.717) is 28.0 Å². The quantitative estimate of drug-likeness (QED) is 0.338. The average molecular weight is 514 g/mol. The molecule has 2 aromatic rings. The van der Waals surface area contributed by atoms with Crippen molar-refractivity contribution in [1.29, 1.82) is 5.41 Å². The zero-order valence-corrected chi connectivity index (χ0v) is 21.4. The molecule has 2 aromatic carbocycles. The topological polar surface area (TPSA) is 73.7 Å². The van der Waals surface area contributed by atoms with Crippen molar-refractivity contribution in [1.82, 2.24) is 4.90 Å². The Bertz CT molecular complexity index is 1260. The fourth-order valence-corrected chi connectivity index (χ4v) is 4.32. The number of hydrogen-bond acceptors (Lipinski definition) is 4. The van der Waals surface area contributed by atoms with Crippen LogP contribution in [0.2, 0.25) is 0 Å². The number of nitrogens with one attached hydrogen (secondary N) is 1. The van der Waals surface area contributed by atoms with Gasteiger partial charge < -0.3 is 15.0 Å². The predicted octanol–water partition coefficient (Wildman–Crippen LogP) is 6.88. The Morgan fingerprint density at radius 3 is 2.27 bits per heavy atom. The van der Waals surface area contributed by atoms with E-state index < -0.39 is 41.9 Å². The first-order chi connectivity index (χ1) is 17.1. The summed E-state index contributed by atoms with van der Waals surface area (Å²) in [5.41, 5.74) is 1.18. The van der Waals surface area contributed by atoms with E-state index in [0.717, 1.165) is 12.1 Å². The Balaban J connectivity index is 2.23. The van der Waals surface area contributed by atoms with Crippen molar-refractivity contribution in [3.8, 4) is 0 Å². The van der Waals surface area contributed by atoms with Gasteiger partial charge in [0.25, 0.3) is 0 Å². The standard InChI is InChI=1S/C28H30F3N3O3/c1-17(2)24-18(3)34(22-9-7-8-21(14-22)28(29,30)31)26(36)33(16-23(35)37-27(4,5)6)25(24)20-12-10-19(15-32)11-13-20/h7-15,25,32H,1,16H2,2-6H3/t25-/m1/s1. The second kappa shape index (κ2) is 10.2. The van der Waals surface area contributed by atoms with Crippen molar-refractivity contribution >= 4 is 23.9 Å². The number of urea groups is 1. The number of anilines is 1. The fourth-order valence-electron chi connectivity index (χ4n) is 4.32. The van der Waals surface area contributed by atoms with Crippen molar-refractivity contribution in [3.05, 3.63) is 88.6 Å².